The van der Waals surface area contributed by atoms with Gasteiger partial charge in [-0.1, -0.05) is 20.8 Å². The van der Waals surface area contributed by atoms with Gasteiger partial charge in [0.05, 0.1) is 0 Å². The summed E-state index contributed by atoms with van der Waals surface area (Å²) in [7, 11) is 0. The van der Waals surface area contributed by atoms with E-state index in [9.17, 15) is 9.90 Å². The molecule has 4 rings (SSSR count). The average molecular weight is 333 g/mol. The van der Waals surface area contributed by atoms with Crippen LogP contribution in [0.2, 0.25) is 0 Å². The first-order chi connectivity index (χ1) is 11.4. The molecule has 0 saturated heterocycles. The van der Waals surface area contributed by atoms with Gasteiger partial charge in [-0.3, -0.25) is 4.79 Å². The molecule has 0 spiro atoms. The van der Waals surface area contributed by atoms with Gasteiger partial charge in [-0.2, -0.15) is 0 Å². The molecule has 0 bridgehead atoms. The number of hydrogen-bond donors (Lipinski definition) is 1. The molecule has 4 aliphatic rings. The second-order valence-corrected chi connectivity index (χ2v) is 10.3. The maximum Gasteiger partial charge on any atom is 0.133 e. The Morgan fingerprint density at radius 1 is 1.04 bits per heavy atom. The standard InChI is InChI=1S/C22H36O2/c1-14(13-23)18-6-7-19-17-5-4-15-12-16(24)8-10-21(15,2)20(17)9-11-22(18,19)3/h14-15,17-20,23H,4-13H2,1-3H3/t14?,15-,17-,18+,19-,20-,21-,22+/m0/s1. The molecule has 0 radical (unpaired) electrons. The molecule has 4 aliphatic carbocycles. The number of carbonyl (C=O) groups excluding carboxylic acids is 1. The van der Waals surface area contributed by atoms with E-state index in [4.69, 9.17) is 0 Å². The number of hydrogen-bond acceptors (Lipinski definition) is 2. The smallest absolute Gasteiger partial charge is 0.133 e. The third-order valence-electron chi connectivity index (χ3n) is 9.53. The fourth-order valence-electron chi connectivity index (χ4n) is 8.15. The molecule has 4 fully saturated rings. The van der Waals surface area contributed by atoms with Gasteiger partial charge in [-0.25, -0.2) is 0 Å². The van der Waals surface area contributed by atoms with Crippen LogP contribution in [-0.4, -0.2) is 17.5 Å². The Bertz CT molecular complexity index is 514. The Labute approximate surface area is 147 Å². The van der Waals surface area contributed by atoms with Crippen LogP contribution in [-0.2, 0) is 4.79 Å². The summed E-state index contributed by atoms with van der Waals surface area (Å²) in [5, 5.41) is 9.72. The lowest BCUT2D eigenvalue weighted by Crippen LogP contribution is -2.53. The van der Waals surface area contributed by atoms with Crippen molar-refractivity contribution in [2.45, 2.75) is 78.6 Å². The minimum absolute atomic E-state index is 0.350. The summed E-state index contributed by atoms with van der Waals surface area (Å²) in [4.78, 5) is 12.0. The number of ketones is 1. The van der Waals surface area contributed by atoms with Gasteiger partial charge in [0.25, 0.3) is 0 Å². The lowest BCUT2D eigenvalue weighted by molar-refractivity contribution is -0.140. The Morgan fingerprint density at radius 3 is 2.54 bits per heavy atom. The highest BCUT2D eigenvalue weighted by atomic mass is 16.3. The van der Waals surface area contributed by atoms with Gasteiger partial charge in [0.15, 0.2) is 0 Å². The van der Waals surface area contributed by atoms with Crippen molar-refractivity contribution in [2.75, 3.05) is 6.61 Å². The van der Waals surface area contributed by atoms with Crippen molar-refractivity contribution >= 4 is 5.78 Å². The van der Waals surface area contributed by atoms with Crippen LogP contribution in [0.1, 0.15) is 78.6 Å². The van der Waals surface area contributed by atoms with Crippen LogP contribution >= 0.6 is 0 Å². The van der Waals surface area contributed by atoms with E-state index in [1.807, 2.05) is 0 Å². The maximum absolute atomic E-state index is 12.0. The molecule has 136 valence electrons. The number of Topliss-reactive ketones (excluding diaryl/α,β-unsaturated/α-hetero) is 1. The van der Waals surface area contributed by atoms with Crippen molar-refractivity contribution in [1.82, 2.24) is 0 Å². The second kappa shape index (κ2) is 5.83. The van der Waals surface area contributed by atoms with E-state index in [1.54, 1.807) is 0 Å². The zero-order valence-corrected chi connectivity index (χ0v) is 15.9. The van der Waals surface area contributed by atoms with Gasteiger partial charge in [-0.05, 0) is 91.3 Å². The number of fused-ring (bicyclic) bond motifs is 5. The van der Waals surface area contributed by atoms with E-state index in [0.717, 1.165) is 37.0 Å². The summed E-state index contributed by atoms with van der Waals surface area (Å²) in [6, 6.07) is 0. The number of rotatable bonds is 2. The first-order valence-electron chi connectivity index (χ1n) is 10.5. The highest BCUT2D eigenvalue weighted by molar-refractivity contribution is 5.79. The van der Waals surface area contributed by atoms with E-state index in [2.05, 4.69) is 20.8 Å². The second-order valence-electron chi connectivity index (χ2n) is 10.3. The highest BCUT2D eigenvalue weighted by Crippen LogP contribution is 2.67. The third-order valence-corrected chi connectivity index (χ3v) is 9.53. The van der Waals surface area contributed by atoms with Crippen molar-refractivity contribution in [2.24, 2.45) is 46.3 Å². The summed E-state index contributed by atoms with van der Waals surface area (Å²) in [5.41, 5.74) is 0.885. The fourth-order valence-corrected chi connectivity index (χ4v) is 8.15. The Hall–Kier alpha value is -0.370. The van der Waals surface area contributed by atoms with Gasteiger partial charge in [0, 0.05) is 19.4 Å². The minimum atomic E-state index is 0.350. The summed E-state index contributed by atoms with van der Waals surface area (Å²) < 4.78 is 0. The average Bonchev–Trinajstić information content (AvgIpc) is 2.92. The van der Waals surface area contributed by atoms with Gasteiger partial charge in [0.2, 0.25) is 0 Å². The summed E-state index contributed by atoms with van der Waals surface area (Å²) in [6.07, 6.45) is 10.9. The zero-order valence-electron chi connectivity index (χ0n) is 15.9. The topological polar surface area (TPSA) is 37.3 Å². The number of carbonyl (C=O) groups is 1. The molecule has 0 heterocycles. The first kappa shape index (κ1) is 17.1. The highest BCUT2D eigenvalue weighted by Gasteiger charge is 2.60. The molecular formula is C22H36O2. The Balaban J connectivity index is 1.60. The van der Waals surface area contributed by atoms with E-state index in [1.165, 1.54) is 38.5 Å². The monoisotopic (exact) mass is 332 g/mol. The largest absolute Gasteiger partial charge is 0.396 e. The van der Waals surface area contributed by atoms with E-state index in [0.29, 0.717) is 41.0 Å². The van der Waals surface area contributed by atoms with E-state index in [-0.39, 0.29) is 0 Å². The van der Waals surface area contributed by atoms with Crippen LogP contribution in [0.3, 0.4) is 0 Å². The van der Waals surface area contributed by atoms with Gasteiger partial charge < -0.3 is 5.11 Å². The molecular weight excluding hydrogens is 296 g/mol. The third kappa shape index (κ3) is 2.27. The molecule has 2 heteroatoms. The van der Waals surface area contributed by atoms with Crippen LogP contribution in [0.25, 0.3) is 0 Å². The normalized spacial score (nSPS) is 52.3. The molecule has 0 aromatic heterocycles. The molecule has 0 aliphatic heterocycles. The Morgan fingerprint density at radius 2 is 1.79 bits per heavy atom. The van der Waals surface area contributed by atoms with Gasteiger partial charge in [0.1, 0.15) is 5.78 Å². The molecule has 24 heavy (non-hydrogen) atoms. The molecule has 1 N–H and O–H groups in total. The van der Waals surface area contributed by atoms with E-state index < -0.39 is 0 Å². The summed E-state index contributed by atoms with van der Waals surface area (Å²) >= 11 is 0. The predicted octanol–water partition coefficient (Wildman–Crippen LogP) is 4.84. The zero-order chi connectivity index (χ0) is 17.1. The van der Waals surface area contributed by atoms with Crippen LogP contribution < -0.4 is 0 Å². The van der Waals surface area contributed by atoms with Crippen LogP contribution in [0.15, 0.2) is 0 Å². The maximum atomic E-state index is 12.0. The number of aliphatic hydroxyl groups is 1. The van der Waals surface area contributed by atoms with Crippen molar-refractivity contribution in [1.29, 1.82) is 0 Å². The Kier molecular flexibility index (Phi) is 4.14. The van der Waals surface area contributed by atoms with Crippen LogP contribution in [0, 0.1) is 46.3 Å². The minimum Gasteiger partial charge on any atom is -0.396 e. The number of aliphatic hydroxyl groups excluding tert-OH is 1. The molecule has 4 saturated carbocycles. The molecule has 1 unspecified atom stereocenters. The molecule has 8 atom stereocenters. The molecule has 2 nitrogen and oxygen atoms in total. The van der Waals surface area contributed by atoms with Crippen molar-refractivity contribution in [3.63, 3.8) is 0 Å². The molecule has 0 aromatic rings. The quantitative estimate of drug-likeness (QED) is 0.785. The van der Waals surface area contributed by atoms with Crippen LogP contribution in [0.5, 0.6) is 0 Å². The van der Waals surface area contributed by atoms with Gasteiger partial charge >= 0.3 is 0 Å². The van der Waals surface area contributed by atoms with Crippen molar-refractivity contribution < 1.29 is 9.90 Å². The lowest BCUT2D eigenvalue weighted by Gasteiger charge is -2.60. The van der Waals surface area contributed by atoms with E-state index >= 15 is 0 Å². The lowest BCUT2D eigenvalue weighted by atomic mass is 9.44. The molecule has 0 amide bonds. The van der Waals surface area contributed by atoms with Gasteiger partial charge in [-0.15, -0.1) is 0 Å². The van der Waals surface area contributed by atoms with Crippen molar-refractivity contribution in [3.8, 4) is 0 Å². The molecule has 0 aromatic carbocycles. The van der Waals surface area contributed by atoms with Crippen molar-refractivity contribution in [3.05, 3.63) is 0 Å². The van der Waals surface area contributed by atoms with Crippen LogP contribution in [0.4, 0.5) is 0 Å². The fraction of sp³-hybridized carbons (Fsp3) is 0.955. The summed E-state index contributed by atoms with van der Waals surface area (Å²) in [5.74, 6) is 4.96. The SMILES string of the molecule is CC(CO)[C@H]1CC[C@H]2[C@@H]3CC[C@H]4CC(=O)CC[C@]4(C)[C@H]3CC[C@]12C. The summed E-state index contributed by atoms with van der Waals surface area (Å²) in [6.45, 7) is 7.70. The predicted molar refractivity (Wildman–Crippen MR) is 96.5 cm³/mol. The first-order valence-corrected chi connectivity index (χ1v) is 10.5.